The van der Waals surface area contributed by atoms with Gasteiger partial charge in [0.2, 0.25) is 0 Å². The number of aliphatic hydroxyl groups excluding tert-OH is 1. The molecule has 0 aliphatic carbocycles. The fourth-order valence-corrected chi connectivity index (χ4v) is 1.97. The molecule has 0 fully saturated rings. The molecule has 0 unspecified atom stereocenters. The van der Waals surface area contributed by atoms with Crippen molar-refractivity contribution < 1.29 is 14.8 Å². The van der Waals surface area contributed by atoms with Gasteiger partial charge >= 0.3 is 0 Å². The number of aromatic nitrogens is 1. The summed E-state index contributed by atoms with van der Waals surface area (Å²) in [4.78, 5) is 14.3. The van der Waals surface area contributed by atoms with Crippen LogP contribution in [0.3, 0.4) is 0 Å². The van der Waals surface area contributed by atoms with Crippen molar-refractivity contribution in [2.45, 2.75) is 13.8 Å². The molecule has 2 N–H and O–H groups in total. The third-order valence-electron chi connectivity index (χ3n) is 3.06. The summed E-state index contributed by atoms with van der Waals surface area (Å²) < 4.78 is 5.39. The lowest BCUT2D eigenvalue weighted by Gasteiger charge is -2.12. The highest BCUT2D eigenvalue weighted by Gasteiger charge is 2.10. The average molecular weight is 303 g/mol. The van der Waals surface area contributed by atoms with E-state index in [1.807, 2.05) is 19.1 Å². The Hall–Kier alpha value is -2.67. The SMILES string of the molecule is Cc1cc(Nc2ncc([N+](=O)[O-])cc2C)ccc1OCCO. The monoisotopic (exact) mass is 303 g/mol. The number of benzene rings is 1. The maximum absolute atomic E-state index is 10.7. The van der Waals surface area contributed by atoms with Gasteiger partial charge in [0, 0.05) is 11.8 Å². The molecule has 0 radical (unpaired) electrons. The van der Waals surface area contributed by atoms with Gasteiger partial charge < -0.3 is 15.2 Å². The second-order valence-electron chi connectivity index (χ2n) is 4.79. The van der Waals surface area contributed by atoms with Gasteiger partial charge in [-0.05, 0) is 43.2 Å². The van der Waals surface area contributed by atoms with Crippen LogP contribution in [0.5, 0.6) is 5.75 Å². The number of nitro groups is 1. The summed E-state index contributed by atoms with van der Waals surface area (Å²) >= 11 is 0. The third kappa shape index (κ3) is 3.70. The van der Waals surface area contributed by atoms with E-state index in [0.717, 1.165) is 11.3 Å². The summed E-state index contributed by atoms with van der Waals surface area (Å²) in [6.45, 7) is 3.86. The molecule has 2 rings (SSSR count). The van der Waals surface area contributed by atoms with E-state index in [1.54, 1.807) is 13.0 Å². The van der Waals surface area contributed by atoms with E-state index in [1.165, 1.54) is 12.3 Å². The fraction of sp³-hybridized carbons (Fsp3) is 0.267. The highest BCUT2D eigenvalue weighted by molar-refractivity contribution is 5.62. The molecule has 1 aromatic carbocycles. The Labute approximate surface area is 127 Å². The first-order valence-electron chi connectivity index (χ1n) is 6.73. The molecule has 7 nitrogen and oxygen atoms in total. The van der Waals surface area contributed by atoms with Crippen molar-refractivity contribution in [3.8, 4) is 5.75 Å². The van der Waals surface area contributed by atoms with Crippen LogP contribution in [-0.2, 0) is 0 Å². The number of aryl methyl sites for hydroxylation is 2. The van der Waals surface area contributed by atoms with E-state index >= 15 is 0 Å². The molecule has 0 aliphatic heterocycles. The molecule has 1 heterocycles. The van der Waals surface area contributed by atoms with Crippen LogP contribution in [0.1, 0.15) is 11.1 Å². The zero-order valence-electron chi connectivity index (χ0n) is 12.4. The Kier molecular flexibility index (Phi) is 4.90. The van der Waals surface area contributed by atoms with Crippen molar-refractivity contribution in [2.75, 3.05) is 18.5 Å². The smallest absolute Gasteiger partial charge is 0.287 e. The molecule has 1 aromatic heterocycles. The highest BCUT2D eigenvalue weighted by Crippen LogP contribution is 2.26. The molecule has 2 aromatic rings. The normalized spacial score (nSPS) is 10.3. The van der Waals surface area contributed by atoms with E-state index < -0.39 is 4.92 Å². The predicted octanol–water partition coefficient (Wildman–Crippen LogP) is 2.72. The first-order valence-corrected chi connectivity index (χ1v) is 6.73. The van der Waals surface area contributed by atoms with Gasteiger partial charge in [-0.1, -0.05) is 0 Å². The van der Waals surface area contributed by atoms with Gasteiger partial charge in [-0.15, -0.1) is 0 Å². The molecule has 22 heavy (non-hydrogen) atoms. The second-order valence-corrected chi connectivity index (χ2v) is 4.79. The summed E-state index contributed by atoms with van der Waals surface area (Å²) in [5, 5.41) is 22.6. The van der Waals surface area contributed by atoms with Crippen LogP contribution in [0.2, 0.25) is 0 Å². The molecule has 0 aliphatic rings. The van der Waals surface area contributed by atoms with Gasteiger partial charge in [-0.3, -0.25) is 10.1 Å². The van der Waals surface area contributed by atoms with Crippen LogP contribution in [0.15, 0.2) is 30.5 Å². The molecular formula is C15H17N3O4. The van der Waals surface area contributed by atoms with Gasteiger partial charge in [0.15, 0.2) is 0 Å². The molecule has 0 saturated heterocycles. The van der Waals surface area contributed by atoms with E-state index in [-0.39, 0.29) is 18.9 Å². The Balaban J connectivity index is 2.17. The van der Waals surface area contributed by atoms with Gasteiger partial charge in [-0.25, -0.2) is 4.98 Å². The number of hydrogen-bond donors (Lipinski definition) is 2. The number of nitrogens with one attached hydrogen (secondary N) is 1. The minimum atomic E-state index is -0.471. The molecule has 0 amide bonds. The number of pyridine rings is 1. The third-order valence-corrected chi connectivity index (χ3v) is 3.06. The van der Waals surface area contributed by atoms with E-state index in [0.29, 0.717) is 17.1 Å². The van der Waals surface area contributed by atoms with Crippen molar-refractivity contribution in [3.05, 3.63) is 51.7 Å². The minimum Gasteiger partial charge on any atom is -0.491 e. The molecule has 0 atom stereocenters. The van der Waals surface area contributed by atoms with Crippen LogP contribution in [0.4, 0.5) is 17.2 Å². The number of anilines is 2. The van der Waals surface area contributed by atoms with Crippen LogP contribution >= 0.6 is 0 Å². The lowest BCUT2D eigenvalue weighted by atomic mass is 10.2. The standard InChI is InChI=1S/C15H17N3O4/c1-10-7-12(3-4-14(10)22-6-5-19)17-15-11(2)8-13(9-16-15)18(20)21/h3-4,7-9,19H,5-6H2,1-2H3,(H,16,17). The highest BCUT2D eigenvalue weighted by atomic mass is 16.6. The van der Waals surface area contributed by atoms with Crippen LogP contribution in [0.25, 0.3) is 0 Å². The maximum Gasteiger partial charge on any atom is 0.287 e. The van der Waals surface area contributed by atoms with Crippen LogP contribution < -0.4 is 10.1 Å². The minimum absolute atomic E-state index is 0.0352. The predicted molar refractivity (Wildman–Crippen MR) is 82.7 cm³/mol. The lowest BCUT2D eigenvalue weighted by molar-refractivity contribution is -0.385. The molecule has 116 valence electrons. The first kappa shape index (κ1) is 15.7. The largest absolute Gasteiger partial charge is 0.491 e. The lowest BCUT2D eigenvalue weighted by Crippen LogP contribution is -2.03. The zero-order chi connectivity index (χ0) is 16.1. The number of aliphatic hydroxyl groups is 1. The van der Waals surface area contributed by atoms with Crippen molar-refractivity contribution >= 4 is 17.2 Å². The Morgan fingerprint density at radius 2 is 2.09 bits per heavy atom. The summed E-state index contributed by atoms with van der Waals surface area (Å²) in [5.74, 6) is 1.27. The number of nitrogens with zero attached hydrogens (tertiary/aromatic N) is 2. The Bertz CT molecular complexity index is 688. The molecule has 0 bridgehead atoms. The zero-order valence-corrected chi connectivity index (χ0v) is 12.4. The van der Waals surface area contributed by atoms with Gasteiger partial charge in [0.1, 0.15) is 24.4 Å². The van der Waals surface area contributed by atoms with E-state index in [9.17, 15) is 10.1 Å². The van der Waals surface area contributed by atoms with E-state index in [4.69, 9.17) is 9.84 Å². The van der Waals surface area contributed by atoms with Crippen molar-refractivity contribution in [3.63, 3.8) is 0 Å². The van der Waals surface area contributed by atoms with Gasteiger partial charge in [-0.2, -0.15) is 0 Å². The fourth-order valence-electron chi connectivity index (χ4n) is 1.97. The topological polar surface area (TPSA) is 97.5 Å². The van der Waals surface area contributed by atoms with Crippen molar-refractivity contribution in [1.29, 1.82) is 0 Å². The van der Waals surface area contributed by atoms with Crippen molar-refractivity contribution in [1.82, 2.24) is 4.98 Å². The molecule has 7 heteroatoms. The summed E-state index contributed by atoms with van der Waals surface area (Å²) in [5.41, 5.74) is 2.37. The number of rotatable bonds is 6. The number of ether oxygens (including phenoxy) is 1. The summed E-state index contributed by atoms with van der Waals surface area (Å²) in [6.07, 6.45) is 1.22. The molecule has 0 spiro atoms. The maximum atomic E-state index is 10.7. The summed E-state index contributed by atoms with van der Waals surface area (Å²) in [7, 11) is 0. The van der Waals surface area contributed by atoms with E-state index in [2.05, 4.69) is 10.3 Å². The Morgan fingerprint density at radius 1 is 1.32 bits per heavy atom. The average Bonchev–Trinajstić information content (AvgIpc) is 2.48. The van der Waals surface area contributed by atoms with Crippen LogP contribution in [0, 0.1) is 24.0 Å². The van der Waals surface area contributed by atoms with Gasteiger partial charge in [0.05, 0.1) is 11.5 Å². The van der Waals surface area contributed by atoms with Gasteiger partial charge in [0.25, 0.3) is 5.69 Å². The van der Waals surface area contributed by atoms with Crippen molar-refractivity contribution in [2.24, 2.45) is 0 Å². The summed E-state index contributed by atoms with van der Waals surface area (Å²) in [6, 6.07) is 6.98. The van der Waals surface area contributed by atoms with Crippen LogP contribution in [-0.4, -0.2) is 28.2 Å². The first-order chi connectivity index (χ1) is 10.5. The number of hydrogen-bond acceptors (Lipinski definition) is 6. The molecule has 0 saturated carbocycles. The molecular weight excluding hydrogens is 286 g/mol. The Morgan fingerprint density at radius 3 is 2.68 bits per heavy atom. The second kappa shape index (κ2) is 6.86. The quantitative estimate of drug-likeness (QED) is 0.629.